The van der Waals surface area contributed by atoms with Gasteiger partial charge in [0.05, 0.1) is 24.5 Å². The SMILES string of the molecule is CO[C@]12C=CC(=O)C3=C[C@H](CCCCC(=O)NCC(=O)NCCO)[C@@H](C)[C@H](c4cc(OC(=O)C(C)(C)C)ccc4O1)[C@@H]32. The molecule has 4 rings (SSSR count). The minimum Gasteiger partial charge on any atom is -0.458 e. The number of hydrogen-bond acceptors (Lipinski definition) is 8. The lowest BCUT2D eigenvalue weighted by Crippen LogP contribution is -2.56. The molecule has 3 N–H and O–H groups in total. The maximum Gasteiger partial charge on any atom is 0.316 e. The standard InChI is InChI=1S/C32H42N2O8/c1-19-20(8-6-7-9-26(37)34-18-27(38)33-14-15-35)16-22-24(36)12-13-32(40-5)29(22)28(19)23-17-21(10-11-25(23)42-32)41-30(39)31(2,3)4/h10-13,16-17,19-20,28-29,35H,6-9,14-15,18H2,1-5H3,(H,33,38)(H,34,37)/t19-,20+,28-,29-,32-/m1/s1. The Morgan fingerprint density at radius 1 is 1.12 bits per heavy atom. The number of carbonyl (C=O) groups excluding carboxylic acids is 4. The van der Waals surface area contributed by atoms with Crippen LogP contribution < -0.4 is 20.1 Å². The Hall–Kier alpha value is -3.50. The van der Waals surface area contributed by atoms with Crippen molar-refractivity contribution < 1.29 is 38.5 Å². The molecule has 1 heterocycles. The van der Waals surface area contributed by atoms with Crippen molar-refractivity contribution in [3.63, 3.8) is 0 Å². The normalized spacial score (nSPS) is 25.9. The fourth-order valence-corrected chi connectivity index (χ4v) is 6.05. The van der Waals surface area contributed by atoms with Crippen LogP contribution in [0.5, 0.6) is 11.5 Å². The van der Waals surface area contributed by atoms with Gasteiger partial charge in [-0.15, -0.1) is 0 Å². The number of rotatable bonds is 11. The summed E-state index contributed by atoms with van der Waals surface area (Å²) in [6.45, 7) is 7.42. The van der Waals surface area contributed by atoms with Crippen LogP contribution in [-0.4, -0.2) is 61.3 Å². The molecular formula is C32H42N2O8. The molecule has 3 aliphatic rings. The van der Waals surface area contributed by atoms with Crippen molar-refractivity contribution in [2.75, 3.05) is 26.8 Å². The first kappa shape index (κ1) is 31.4. The summed E-state index contributed by atoms with van der Waals surface area (Å²) in [4.78, 5) is 49.7. The van der Waals surface area contributed by atoms with E-state index in [1.165, 1.54) is 6.08 Å². The average molecular weight is 583 g/mol. The van der Waals surface area contributed by atoms with E-state index in [4.69, 9.17) is 19.3 Å². The third-order valence-electron chi connectivity index (χ3n) is 8.34. The van der Waals surface area contributed by atoms with Crippen molar-refractivity contribution in [3.8, 4) is 11.5 Å². The fraction of sp³-hybridized carbons (Fsp3) is 0.562. The molecule has 0 bridgehead atoms. The minimum atomic E-state index is -1.12. The highest BCUT2D eigenvalue weighted by Crippen LogP contribution is 2.58. The van der Waals surface area contributed by atoms with Crippen LogP contribution in [0, 0.1) is 23.2 Å². The first-order valence-corrected chi connectivity index (χ1v) is 14.6. The Labute approximate surface area is 246 Å². The molecule has 1 aromatic carbocycles. The summed E-state index contributed by atoms with van der Waals surface area (Å²) in [7, 11) is 1.58. The molecule has 0 spiro atoms. The Balaban J connectivity index is 1.52. The smallest absolute Gasteiger partial charge is 0.316 e. The number of fused-ring (bicyclic) bond motifs is 2. The third-order valence-corrected chi connectivity index (χ3v) is 8.34. The van der Waals surface area contributed by atoms with Gasteiger partial charge in [-0.1, -0.05) is 19.4 Å². The number of aliphatic hydroxyl groups excluding tert-OH is 1. The number of nitrogens with one attached hydrogen (secondary N) is 2. The number of allylic oxidation sites excluding steroid dienone is 2. The van der Waals surface area contributed by atoms with Crippen LogP contribution in [-0.2, 0) is 23.9 Å². The van der Waals surface area contributed by atoms with Gasteiger partial charge in [-0.25, -0.2) is 0 Å². The zero-order chi connectivity index (χ0) is 30.7. The predicted octanol–water partition coefficient (Wildman–Crippen LogP) is 3.19. The van der Waals surface area contributed by atoms with Gasteiger partial charge in [-0.05, 0) is 75.8 Å². The van der Waals surface area contributed by atoms with Crippen molar-refractivity contribution >= 4 is 23.6 Å². The van der Waals surface area contributed by atoms with E-state index in [0.717, 1.165) is 18.4 Å². The number of benzene rings is 1. The maximum absolute atomic E-state index is 13.2. The van der Waals surface area contributed by atoms with Gasteiger partial charge in [0.25, 0.3) is 0 Å². The summed E-state index contributed by atoms with van der Waals surface area (Å²) < 4.78 is 18.1. The first-order chi connectivity index (χ1) is 19.9. The van der Waals surface area contributed by atoms with Crippen molar-refractivity contribution in [1.29, 1.82) is 0 Å². The largest absolute Gasteiger partial charge is 0.458 e. The molecule has 5 atom stereocenters. The van der Waals surface area contributed by atoms with Crippen LogP contribution in [0.1, 0.15) is 64.9 Å². The van der Waals surface area contributed by atoms with Crippen LogP contribution in [0.15, 0.2) is 42.0 Å². The number of hydrogen-bond donors (Lipinski definition) is 3. The number of aliphatic hydroxyl groups is 1. The molecule has 2 amide bonds. The Morgan fingerprint density at radius 2 is 1.88 bits per heavy atom. The second kappa shape index (κ2) is 12.8. The lowest BCUT2D eigenvalue weighted by atomic mass is 9.58. The summed E-state index contributed by atoms with van der Waals surface area (Å²) in [6, 6.07) is 5.36. The summed E-state index contributed by atoms with van der Waals surface area (Å²) in [6.07, 6.45) is 7.71. The summed E-state index contributed by atoms with van der Waals surface area (Å²) >= 11 is 0. The number of unbranched alkanes of at least 4 members (excludes halogenated alkanes) is 1. The molecule has 0 fully saturated rings. The van der Waals surface area contributed by atoms with E-state index in [2.05, 4.69) is 23.6 Å². The molecule has 0 aromatic heterocycles. The summed E-state index contributed by atoms with van der Waals surface area (Å²) in [5.41, 5.74) is 0.861. The number of esters is 1. The fourth-order valence-electron chi connectivity index (χ4n) is 6.05. The van der Waals surface area contributed by atoms with E-state index >= 15 is 0 Å². The van der Waals surface area contributed by atoms with Gasteiger partial charge >= 0.3 is 5.97 Å². The Kier molecular flexibility index (Phi) is 9.57. The van der Waals surface area contributed by atoms with Crippen LogP contribution in [0.2, 0.25) is 0 Å². The second-order valence-corrected chi connectivity index (χ2v) is 12.3. The molecular weight excluding hydrogens is 540 g/mol. The molecule has 2 aliphatic carbocycles. The van der Waals surface area contributed by atoms with Crippen molar-refractivity contribution in [3.05, 3.63) is 47.6 Å². The van der Waals surface area contributed by atoms with Gasteiger partial charge in [-0.3, -0.25) is 19.2 Å². The average Bonchev–Trinajstić information content (AvgIpc) is 2.95. The number of ketones is 1. The van der Waals surface area contributed by atoms with Gasteiger partial charge in [0.1, 0.15) is 11.5 Å². The first-order valence-electron chi connectivity index (χ1n) is 14.6. The van der Waals surface area contributed by atoms with E-state index in [9.17, 15) is 19.2 Å². The van der Waals surface area contributed by atoms with Crippen molar-refractivity contribution in [2.24, 2.45) is 23.2 Å². The second-order valence-electron chi connectivity index (χ2n) is 12.3. The molecule has 10 nitrogen and oxygen atoms in total. The van der Waals surface area contributed by atoms with Crippen LogP contribution in [0.4, 0.5) is 0 Å². The summed E-state index contributed by atoms with van der Waals surface area (Å²) in [5, 5.41) is 13.9. The van der Waals surface area contributed by atoms with Crippen molar-refractivity contribution in [2.45, 2.75) is 65.1 Å². The van der Waals surface area contributed by atoms with Gasteiger partial charge in [0.15, 0.2) is 5.78 Å². The zero-order valence-electron chi connectivity index (χ0n) is 25.0. The van der Waals surface area contributed by atoms with E-state index in [1.807, 2.05) is 6.07 Å². The van der Waals surface area contributed by atoms with E-state index < -0.39 is 11.2 Å². The number of methoxy groups -OCH3 is 1. The molecule has 228 valence electrons. The number of amides is 2. The molecule has 0 radical (unpaired) electrons. The zero-order valence-corrected chi connectivity index (χ0v) is 25.0. The number of ether oxygens (including phenoxy) is 3. The van der Waals surface area contributed by atoms with E-state index in [-0.39, 0.29) is 73.4 Å². The minimum absolute atomic E-state index is 0.0605. The van der Waals surface area contributed by atoms with Gasteiger partial charge in [0, 0.05) is 37.1 Å². The lowest BCUT2D eigenvalue weighted by Gasteiger charge is -2.53. The molecule has 0 saturated carbocycles. The molecule has 42 heavy (non-hydrogen) atoms. The summed E-state index contributed by atoms with van der Waals surface area (Å²) in [5.74, 6) is -1.40. The van der Waals surface area contributed by atoms with Crippen LogP contribution in [0.25, 0.3) is 0 Å². The van der Waals surface area contributed by atoms with Crippen LogP contribution >= 0.6 is 0 Å². The highest BCUT2D eigenvalue weighted by molar-refractivity contribution is 6.06. The monoisotopic (exact) mass is 582 g/mol. The van der Waals surface area contributed by atoms with Gasteiger partial charge in [-0.2, -0.15) is 0 Å². The molecule has 1 aliphatic heterocycles. The maximum atomic E-state index is 13.2. The lowest BCUT2D eigenvalue weighted by molar-refractivity contribution is -0.179. The molecule has 10 heteroatoms. The third kappa shape index (κ3) is 6.60. The molecule has 1 aromatic rings. The van der Waals surface area contributed by atoms with E-state index in [1.54, 1.807) is 46.1 Å². The van der Waals surface area contributed by atoms with Gasteiger partial charge < -0.3 is 30.0 Å². The van der Waals surface area contributed by atoms with E-state index in [0.29, 0.717) is 23.5 Å². The Bertz CT molecular complexity index is 1280. The predicted molar refractivity (Wildman–Crippen MR) is 155 cm³/mol. The Morgan fingerprint density at radius 3 is 2.57 bits per heavy atom. The molecule has 0 saturated heterocycles. The number of carbonyl (C=O) groups is 4. The topological polar surface area (TPSA) is 140 Å². The highest BCUT2D eigenvalue weighted by Gasteiger charge is 2.57. The quantitative estimate of drug-likeness (QED) is 0.205. The molecule has 0 unspecified atom stereocenters. The van der Waals surface area contributed by atoms with Crippen molar-refractivity contribution in [1.82, 2.24) is 10.6 Å². The van der Waals surface area contributed by atoms with Gasteiger partial charge in [0.2, 0.25) is 17.6 Å². The highest BCUT2D eigenvalue weighted by atomic mass is 16.7. The van der Waals surface area contributed by atoms with Crippen LogP contribution in [0.3, 0.4) is 0 Å².